The van der Waals surface area contributed by atoms with Gasteiger partial charge in [-0.25, -0.2) is 0 Å². The smallest absolute Gasteiger partial charge is 0.187 e. The lowest BCUT2D eigenvalue weighted by Crippen LogP contribution is -2.66. The van der Waals surface area contributed by atoms with Crippen LogP contribution >= 0.6 is 0 Å². The second kappa shape index (κ2) is 22.3. The van der Waals surface area contributed by atoms with Crippen LogP contribution in [0.4, 0.5) is 0 Å². The van der Waals surface area contributed by atoms with Crippen molar-refractivity contribution in [1.82, 2.24) is 0 Å². The maximum atomic E-state index is 11.6. The van der Waals surface area contributed by atoms with Crippen LogP contribution in [0.15, 0.2) is 30.3 Å². The molecule has 0 aromatic heterocycles. The van der Waals surface area contributed by atoms with Gasteiger partial charge >= 0.3 is 0 Å². The third-order valence-corrected chi connectivity index (χ3v) is 11.5. The third kappa shape index (κ3) is 11.1. The lowest BCUT2D eigenvalue weighted by atomic mass is 9.96. The number of aliphatic hydroxyl groups is 16. The SMILES string of the molecule is OC[C@H]1O[C@H](OC[C@H]2O[C@H](O[C@@H]3[C@H](O)[C@@H](OCc4ccccc4)O[C@H](CO[C@H]4O[C@H](CO)[C@@H](O)[C@H](O[C@H]5O[C@H](CO)[C@@H](O)[C@H](O)[C@@H]5O)[C@@H]4O)[C@H]3O)[C@@H](O)[C@@H](O)[C@@H]2O)[C@@H](O)[C@@H](O)[C@@H]1O. The summed E-state index contributed by atoms with van der Waals surface area (Å²) in [6, 6.07) is 8.56. The topological polar surface area (TPSA) is 416 Å². The van der Waals surface area contributed by atoms with E-state index in [-0.39, 0.29) is 6.61 Å². The molecule has 0 saturated carbocycles. The number of aliphatic hydroxyl groups excluding tert-OH is 16. The second-order valence-electron chi connectivity index (χ2n) is 15.8. The first-order valence-corrected chi connectivity index (χ1v) is 20.2. The molecule has 5 saturated heterocycles. The fourth-order valence-electron chi connectivity index (χ4n) is 7.68. The number of hydrogen-bond donors (Lipinski definition) is 16. The van der Waals surface area contributed by atoms with E-state index in [1.165, 1.54) is 0 Å². The molecule has 5 aliphatic heterocycles. The Labute approximate surface area is 358 Å². The molecule has 0 spiro atoms. The van der Waals surface area contributed by atoms with Crippen LogP contribution in [0.1, 0.15) is 5.56 Å². The van der Waals surface area contributed by atoms with Gasteiger partial charge in [0.05, 0.1) is 39.6 Å². The van der Waals surface area contributed by atoms with Gasteiger partial charge in [0.25, 0.3) is 0 Å². The van der Waals surface area contributed by atoms with Crippen LogP contribution in [0.2, 0.25) is 0 Å². The highest BCUT2D eigenvalue weighted by Crippen LogP contribution is 2.34. The van der Waals surface area contributed by atoms with Gasteiger partial charge in [0.15, 0.2) is 31.5 Å². The summed E-state index contributed by atoms with van der Waals surface area (Å²) >= 11 is 0. The predicted molar refractivity (Wildman–Crippen MR) is 196 cm³/mol. The van der Waals surface area contributed by atoms with Crippen molar-refractivity contribution in [1.29, 1.82) is 0 Å². The van der Waals surface area contributed by atoms with Crippen LogP contribution in [0.5, 0.6) is 0 Å². The van der Waals surface area contributed by atoms with Crippen molar-refractivity contribution in [2.24, 2.45) is 0 Å². The van der Waals surface area contributed by atoms with Crippen molar-refractivity contribution >= 4 is 0 Å². The lowest BCUT2D eigenvalue weighted by molar-refractivity contribution is -0.376. The van der Waals surface area contributed by atoms with Gasteiger partial charge in [-0.1, -0.05) is 30.3 Å². The molecule has 0 bridgehead atoms. The molecule has 25 atom stereocenters. The van der Waals surface area contributed by atoms with Gasteiger partial charge in [0.1, 0.15) is 122 Å². The van der Waals surface area contributed by atoms with Crippen LogP contribution in [0.3, 0.4) is 0 Å². The highest BCUT2D eigenvalue weighted by Gasteiger charge is 2.54. The Hall–Kier alpha value is -1.82. The van der Waals surface area contributed by atoms with E-state index in [0.29, 0.717) is 5.56 Å². The zero-order chi connectivity index (χ0) is 45.9. The molecule has 16 N–H and O–H groups in total. The van der Waals surface area contributed by atoms with Crippen LogP contribution in [0, 0.1) is 0 Å². The molecule has 0 unspecified atom stereocenters. The lowest BCUT2D eigenvalue weighted by Gasteiger charge is -2.47. The molecule has 1 aromatic rings. The predicted octanol–water partition coefficient (Wildman–Crippen LogP) is -9.70. The quantitative estimate of drug-likeness (QED) is 0.0732. The van der Waals surface area contributed by atoms with Crippen molar-refractivity contribution in [2.75, 3.05) is 33.0 Å². The number of ether oxygens (including phenoxy) is 10. The summed E-state index contributed by atoms with van der Waals surface area (Å²) in [6.07, 6.45) is -44.4. The molecule has 63 heavy (non-hydrogen) atoms. The van der Waals surface area contributed by atoms with Gasteiger partial charge in [-0.15, -0.1) is 0 Å². The standard InChI is InChI=1S/C37H58O26/c38-6-13-18(41)23(46)26(49)33(57-13)55-10-16-20(43)25(48)28(51)37(61-16)63-32-22(45)17(60-34(30(32)53)54-9-12-4-2-1-3-5-12)11-56-35-29(52)31(21(44)15(8-40)58-35)62-36-27(50)24(47)19(42)14(7-39)59-36/h1-5,13-53H,6-11H2/t13-,14-,15-,16-,17-,18-,19-,20-,21-,22-,23+,24+,25+,26+,27+,28+,29+,30+,31+,32+,33+,34+,35+,36-,37-/m1/s1. The minimum absolute atomic E-state index is 0.165. The summed E-state index contributed by atoms with van der Waals surface area (Å²) in [5.74, 6) is 0. The summed E-state index contributed by atoms with van der Waals surface area (Å²) in [4.78, 5) is 0. The summed E-state index contributed by atoms with van der Waals surface area (Å²) in [5, 5.41) is 168. The summed E-state index contributed by atoms with van der Waals surface area (Å²) < 4.78 is 56.2. The Morgan fingerprint density at radius 2 is 0.683 bits per heavy atom. The van der Waals surface area contributed by atoms with Gasteiger partial charge in [-0.3, -0.25) is 0 Å². The van der Waals surface area contributed by atoms with Crippen molar-refractivity contribution in [3.05, 3.63) is 35.9 Å². The second-order valence-corrected chi connectivity index (χ2v) is 15.8. The molecule has 0 aliphatic carbocycles. The molecule has 26 heteroatoms. The molecule has 1 aromatic carbocycles. The first kappa shape index (κ1) is 50.6. The molecular weight excluding hydrogens is 860 g/mol. The summed E-state index contributed by atoms with van der Waals surface area (Å²) in [5.41, 5.74) is 0.618. The number of benzene rings is 1. The Morgan fingerprint density at radius 1 is 0.349 bits per heavy atom. The molecule has 362 valence electrons. The fraction of sp³-hybridized carbons (Fsp3) is 0.838. The molecular formula is C37H58O26. The Bertz CT molecular complexity index is 1520. The number of rotatable bonds is 16. The first-order valence-electron chi connectivity index (χ1n) is 20.2. The highest BCUT2D eigenvalue weighted by atomic mass is 16.8. The summed E-state index contributed by atoms with van der Waals surface area (Å²) in [7, 11) is 0. The Morgan fingerprint density at radius 3 is 1.16 bits per heavy atom. The average Bonchev–Trinajstić information content (AvgIpc) is 3.28. The van der Waals surface area contributed by atoms with Gasteiger partial charge in [-0.05, 0) is 5.56 Å². The molecule has 5 heterocycles. The van der Waals surface area contributed by atoms with Crippen LogP contribution in [0.25, 0.3) is 0 Å². The maximum absolute atomic E-state index is 11.6. The Balaban J connectivity index is 1.16. The van der Waals surface area contributed by atoms with E-state index in [1.807, 2.05) is 0 Å². The van der Waals surface area contributed by atoms with E-state index in [9.17, 15) is 81.7 Å². The zero-order valence-corrected chi connectivity index (χ0v) is 33.3. The molecule has 0 amide bonds. The van der Waals surface area contributed by atoms with Crippen molar-refractivity contribution in [3.8, 4) is 0 Å². The maximum Gasteiger partial charge on any atom is 0.187 e. The van der Waals surface area contributed by atoms with Crippen LogP contribution in [-0.4, -0.2) is 268 Å². The van der Waals surface area contributed by atoms with Crippen LogP contribution in [-0.2, 0) is 54.0 Å². The number of hydrogen-bond acceptors (Lipinski definition) is 26. The monoisotopic (exact) mass is 918 g/mol. The average molecular weight is 919 g/mol. The molecule has 5 fully saturated rings. The molecule has 0 radical (unpaired) electrons. The highest BCUT2D eigenvalue weighted by molar-refractivity contribution is 5.13. The van der Waals surface area contributed by atoms with Gasteiger partial charge < -0.3 is 129 Å². The molecule has 5 aliphatic rings. The van der Waals surface area contributed by atoms with E-state index in [0.717, 1.165) is 0 Å². The third-order valence-electron chi connectivity index (χ3n) is 11.5. The van der Waals surface area contributed by atoms with E-state index in [2.05, 4.69) is 0 Å². The van der Waals surface area contributed by atoms with Gasteiger partial charge in [-0.2, -0.15) is 0 Å². The van der Waals surface area contributed by atoms with Crippen molar-refractivity contribution in [3.63, 3.8) is 0 Å². The molecule has 6 rings (SSSR count). The minimum atomic E-state index is -2.04. The zero-order valence-electron chi connectivity index (χ0n) is 33.3. The van der Waals surface area contributed by atoms with Gasteiger partial charge in [0.2, 0.25) is 0 Å². The van der Waals surface area contributed by atoms with Crippen LogP contribution < -0.4 is 0 Å². The normalized spacial score (nSPS) is 48.5. The van der Waals surface area contributed by atoms with Crippen molar-refractivity contribution in [2.45, 2.75) is 160 Å². The largest absolute Gasteiger partial charge is 0.394 e. The van der Waals surface area contributed by atoms with Crippen molar-refractivity contribution < 1.29 is 129 Å². The minimum Gasteiger partial charge on any atom is -0.394 e. The van der Waals surface area contributed by atoms with E-state index < -0.39 is 187 Å². The van der Waals surface area contributed by atoms with E-state index in [4.69, 9.17) is 47.4 Å². The van der Waals surface area contributed by atoms with E-state index in [1.54, 1.807) is 30.3 Å². The fourth-order valence-corrected chi connectivity index (χ4v) is 7.68. The molecule has 26 nitrogen and oxygen atoms in total. The van der Waals surface area contributed by atoms with E-state index >= 15 is 0 Å². The summed E-state index contributed by atoms with van der Waals surface area (Å²) in [6.45, 7) is -4.09. The van der Waals surface area contributed by atoms with Gasteiger partial charge in [0, 0.05) is 0 Å². The first-order chi connectivity index (χ1) is 30.0. The Kier molecular flexibility index (Phi) is 17.9.